The van der Waals surface area contributed by atoms with E-state index in [1.54, 1.807) is 0 Å². The average Bonchev–Trinajstić information content (AvgIpc) is 3.22. The van der Waals surface area contributed by atoms with Crippen molar-refractivity contribution in [2.24, 2.45) is 0 Å². The molecule has 3 aromatic carbocycles. The van der Waals surface area contributed by atoms with Crippen LogP contribution in [-0.4, -0.2) is 48.7 Å². The second-order valence-corrected chi connectivity index (χ2v) is 7.66. The van der Waals surface area contributed by atoms with Crippen LogP contribution in [0.3, 0.4) is 0 Å². The molecule has 156 valence electrons. The summed E-state index contributed by atoms with van der Waals surface area (Å²) in [5, 5.41) is 2.36. The highest BCUT2D eigenvalue weighted by molar-refractivity contribution is 5.90. The van der Waals surface area contributed by atoms with E-state index in [0.29, 0.717) is 13.2 Å². The maximum absolute atomic E-state index is 12.9. The van der Waals surface area contributed by atoms with Gasteiger partial charge < -0.3 is 14.4 Å². The van der Waals surface area contributed by atoms with E-state index in [0.717, 1.165) is 49.8 Å². The maximum Gasteiger partial charge on any atom is 0.231 e. The summed E-state index contributed by atoms with van der Waals surface area (Å²) >= 11 is 0. The van der Waals surface area contributed by atoms with E-state index in [2.05, 4.69) is 41.3 Å². The largest absolute Gasteiger partial charge is 0.454 e. The van der Waals surface area contributed by atoms with E-state index >= 15 is 0 Å². The summed E-state index contributed by atoms with van der Waals surface area (Å²) in [5.74, 6) is 1.85. The van der Waals surface area contributed by atoms with Crippen LogP contribution >= 0.6 is 12.4 Å². The lowest BCUT2D eigenvalue weighted by atomic mass is 10.0. The first kappa shape index (κ1) is 20.5. The average molecular weight is 425 g/mol. The summed E-state index contributed by atoms with van der Waals surface area (Å²) in [6, 6.07) is 20.6. The summed E-state index contributed by atoms with van der Waals surface area (Å²) < 4.78 is 10.8. The van der Waals surface area contributed by atoms with Gasteiger partial charge in [-0.05, 0) is 34.0 Å². The monoisotopic (exact) mass is 424 g/mol. The molecule has 3 aromatic rings. The van der Waals surface area contributed by atoms with Gasteiger partial charge in [-0.15, -0.1) is 12.4 Å². The third kappa shape index (κ3) is 4.23. The van der Waals surface area contributed by atoms with Crippen molar-refractivity contribution in [2.75, 3.05) is 33.0 Å². The van der Waals surface area contributed by atoms with Crippen molar-refractivity contribution in [3.8, 4) is 11.5 Å². The Hall–Kier alpha value is -2.76. The predicted molar refractivity (Wildman–Crippen MR) is 119 cm³/mol. The first-order valence-electron chi connectivity index (χ1n) is 10.1. The van der Waals surface area contributed by atoms with Crippen LogP contribution in [0.2, 0.25) is 0 Å². The number of carbonyl (C=O) groups is 1. The first-order valence-corrected chi connectivity index (χ1v) is 10.1. The molecule has 30 heavy (non-hydrogen) atoms. The molecule has 0 radical (unpaired) electrons. The number of fused-ring (bicyclic) bond motifs is 2. The SMILES string of the molecule is Cl.O=C(Cc1cccc2ccccc12)N1CCN(Cc2ccc3c(c2)OCO3)CC1. The minimum Gasteiger partial charge on any atom is -0.454 e. The lowest BCUT2D eigenvalue weighted by Crippen LogP contribution is -2.48. The van der Waals surface area contributed by atoms with Crippen molar-refractivity contribution in [3.63, 3.8) is 0 Å². The molecule has 5 rings (SSSR count). The third-order valence-electron chi connectivity index (χ3n) is 5.79. The van der Waals surface area contributed by atoms with Gasteiger partial charge in [-0.25, -0.2) is 0 Å². The van der Waals surface area contributed by atoms with Crippen LogP contribution in [0.25, 0.3) is 10.8 Å². The van der Waals surface area contributed by atoms with Gasteiger partial charge in [0, 0.05) is 32.7 Å². The molecule has 6 heteroatoms. The molecule has 5 nitrogen and oxygen atoms in total. The fourth-order valence-corrected chi connectivity index (χ4v) is 4.17. The van der Waals surface area contributed by atoms with Crippen molar-refractivity contribution in [3.05, 3.63) is 71.8 Å². The molecule has 0 atom stereocenters. The van der Waals surface area contributed by atoms with Gasteiger partial charge in [0.05, 0.1) is 6.42 Å². The Morgan fingerprint density at radius 3 is 2.50 bits per heavy atom. The molecule has 2 aliphatic rings. The fraction of sp³-hybridized carbons (Fsp3) is 0.292. The molecule has 0 bridgehead atoms. The van der Waals surface area contributed by atoms with E-state index in [1.807, 2.05) is 29.2 Å². The Kier molecular flexibility index (Phi) is 6.11. The van der Waals surface area contributed by atoms with Crippen LogP contribution in [0.5, 0.6) is 11.5 Å². The molecular weight excluding hydrogens is 400 g/mol. The molecule has 2 aliphatic heterocycles. The van der Waals surface area contributed by atoms with Gasteiger partial charge in [0.15, 0.2) is 11.5 Å². The van der Waals surface area contributed by atoms with Crippen molar-refractivity contribution in [2.45, 2.75) is 13.0 Å². The number of hydrogen-bond acceptors (Lipinski definition) is 4. The van der Waals surface area contributed by atoms with Crippen LogP contribution in [0, 0.1) is 0 Å². The summed E-state index contributed by atoms with van der Waals surface area (Å²) in [5.41, 5.74) is 2.32. The summed E-state index contributed by atoms with van der Waals surface area (Å²) in [6.07, 6.45) is 0.462. The quantitative estimate of drug-likeness (QED) is 0.637. The van der Waals surface area contributed by atoms with E-state index < -0.39 is 0 Å². The highest BCUT2D eigenvalue weighted by Gasteiger charge is 2.22. The summed E-state index contributed by atoms with van der Waals surface area (Å²) in [6.45, 7) is 4.48. The molecule has 1 fully saturated rings. The second kappa shape index (κ2) is 8.94. The molecule has 1 amide bonds. The fourth-order valence-electron chi connectivity index (χ4n) is 4.17. The molecule has 0 saturated carbocycles. The highest BCUT2D eigenvalue weighted by atomic mass is 35.5. The Morgan fingerprint density at radius 2 is 1.63 bits per heavy atom. The number of rotatable bonds is 4. The molecule has 0 spiro atoms. The molecule has 0 aromatic heterocycles. The van der Waals surface area contributed by atoms with Crippen molar-refractivity contribution in [1.29, 1.82) is 0 Å². The van der Waals surface area contributed by atoms with Gasteiger partial charge in [-0.3, -0.25) is 9.69 Å². The standard InChI is InChI=1S/C24H24N2O3.ClH/c27-24(15-20-6-3-5-19-4-1-2-7-21(19)20)26-12-10-25(11-13-26)16-18-8-9-22-23(14-18)29-17-28-22;/h1-9,14H,10-13,15-17H2;1H. The van der Waals surface area contributed by atoms with Crippen molar-refractivity contribution in [1.82, 2.24) is 9.80 Å². The minimum atomic E-state index is 0. The van der Waals surface area contributed by atoms with E-state index in [4.69, 9.17) is 9.47 Å². The van der Waals surface area contributed by atoms with Gasteiger partial charge in [-0.2, -0.15) is 0 Å². The van der Waals surface area contributed by atoms with Gasteiger partial charge in [0.2, 0.25) is 12.7 Å². The molecular formula is C24H25ClN2O3. The molecule has 1 saturated heterocycles. The number of hydrogen-bond donors (Lipinski definition) is 0. The maximum atomic E-state index is 12.9. The number of carbonyl (C=O) groups excluding carboxylic acids is 1. The topological polar surface area (TPSA) is 42.0 Å². The summed E-state index contributed by atoms with van der Waals surface area (Å²) in [4.78, 5) is 17.3. The Labute approximate surface area is 182 Å². The Balaban J connectivity index is 0.00000218. The first-order chi connectivity index (χ1) is 14.3. The number of nitrogens with zero attached hydrogens (tertiary/aromatic N) is 2. The van der Waals surface area contributed by atoms with Gasteiger partial charge >= 0.3 is 0 Å². The van der Waals surface area contributed by atoms with E-state index in [1.165, 1.54) is 16.3 Å². The lowest BCUT2D eigenvalue weighted by Gasteiger charge is -2.35. The molecule has 2 heterocycles. The van der Waals surface area contributed by atoms with Crippen LogP contribution < -0.4 is 9.47 Å². The number of piperazine rings is 1. The van der Waals surface area contributed by atoms with Gasteiger partial charge in [0.25, 0.3) is 0 Å². The zero-order valence-corrected chi connectivity index (χ0v) is 17.6. The number of halogens is 1. The summed E-state index contributed by atoms with van der Waals surface area (Å²) in [7, 11) is 0. The van der Waals surface area contributed by atoms with E-state index in [9.17, 15) is 4.79 Å². The van der Waals surface area contributed by atoms with E-state index in [-0.39, 0.29) is 18.3 Å². The molecule has 0 N–H and O–H groups in total. The van der Waals surface area contributed by atoms with Gasteiger partial charge in [0.1, 0.15) is 0 Å². The third-order valence-corrected chi connectivity index (χ3v) is 5.79. The number of ether oxygens (including phenoxy) is 2. The lowest BCUT2D eigenvalue weighted by molar-refractivity contribution is -0.132. The zero-order chi connectivity index (χ0) is 19.6. The number of benzene rings is 3. The van der Waals surface area contributed by atoms with Crippen molar-refractivity contribution < 1.29 is 14.3 Å². The molecule has 0 unspecified atom stereocenters. The van der Waals surface area contributed by atoms with Crippen LogP contribution in [0.15, 0.2) is 60.7 Å². The smallest absolute Gasteiger partial charge is 0.231 e. The predicted octanol–water partition coefficient (Wildman–Crippen LogP) is 3.88. The van der Waals surface area contributed by atoms with Crippen LogP contribution in [0.1, 0.15) is 11.1 Å². The van der Waals surface area contributed by atoms with Crippen LogP contribution in [-0.2, 0) is 17.8 Å². The second-order valence-electron chi connectivity index (χ2n) is 7.66. The molecule has 0 aliphatic carbocycles. The normalized spacial score (nSPS) is 15.8. The van der Waals surface area contributed by atoms with Crippen molar-refractivity contribution >= 4 is 29.1 Å². The minimum absolute atomic E-state index is 0. The Bertz CT molecular complexity index is 1040. The zero-order valence-electron chi connectivity index (χ0n) is 16.8. The van der Waals surface area contributed by atoms with Crippen LogP contribution in [0.4, 0.5) is 0 Å². The highest BCUT2D eigenvalue weighted by Crippen LogP contribution is 2.32. The number of amides is 1. The Morgan fingerprint density at radius 1 is 0.867 bits per heavy atom. The van der Waals surface area contributed by atoms with Gasteiger partial charge in [-0.1, -0.05) is 48.5 Å².